The van der Waals surface area contributed by atoms with E-state index in [9.17, 15) is 14.7 Å². The summed E-state index contributed by atoms with van der Waals surface area (Å²) in [7, 11) is 0. The fraction of sp³-hybridized carbons (Fsp3) is 0.533. The Morgan fingerprint density at radius 1 is 1.43 bits per heavy atom. The molecule has 1 fully saturated rings. The smallest absolute Gasteiger partial charge is 0.309 e. The number of carboxylic acid groups (broad SMARTS) is 1. The minimum atomic E-state index is -0.698. The highest BCUT2D eigenvalue weighted by atomic mass is 16.4. The monoisotopic (exact) mass is 291 g/mol. The van der Waals surface area contributed by atoms with Crippen LogP contribution in [0.4, 0.5) is 5.69 Å². The maximum absolute atomic E-state index is 11.6. The fourth-order valence-corrected chi connectivity index (χ4v) is 2.99. The molecule has 1 saturated heterocycles. The highest BCUT2D eigenvalue weighted by molar-refractivity contribution is 5.91. The van der Waals surface area contributed by atoms with Gasteiger partial charge >= 0.3 is 5.97 Å². The van der Waals surface area contributed by atoms with Gasteiger partial charge in [-0.25, -0.2) is 0 Å². The van der Waals surface area contributed by atoms with Gasteiger partial charge in [-0.1, -0.05) is 13.3 Å². The van der Waals surface area contributed by atoms with Crippen molar-refractivity contribution in [2.75, 3.05) is 18.0 Å². The molecule has 0 saturated carbocycles. The Balaban J connectivity index is 2.11. The van der Waals surface area contributed by atoms with Gasteiger partial charge in [-0.3, -0.25) is 14.6 Å². The van der Waals surface area contributed by atoms with Crippen LogP contribution in [0.25, 0.3) is 0 Å². The van der Waals surface area contributed by atoms with Gasteiger partial charge in [-0.05, 0) is 31.4 Å². The highest BCUT2D eigenvalue weighted by Crippen LogP contribution is 2.37. The summed E-state index contributed by atoms with van der Waals surface area (Å²) < 4.78 is 0. The third-order valence-corrected chi connectivity index (χ3v) is 4.26. The lowest BCUT2D eigenvalue weighted by Crippen LogP contribution is -2.44. The Hall–Kier alpha value is -2.11. The highest BCUT2D eigenvalue weighted by Gasteiger charge is 2.40. The number of nitrogens with two attached hydrogens (primary N) is 1. The topological polar surface area (TPSA) is 96.5 Å². The van der Waals surface area contributed by atoms with E-state index in [1.165, 1.54) is 0 Å². The minimum absolute atomic E-state index is 0.233. The van der Waals surface area contributed by atoms with E-state index in [2.05, 4.69) is 9.88 Å². The maximum Gasteiger partial charge on any atom is 0.309 e. The number of carboxylic acids is 1. The van der Waals surface area contributed by atoms with Crippen molar-refractivity contribution in [3.05, 3.63) is 24.0 Å². The van der Waals surface area contributed by atoms with Gasteiger partial charge in [0.25, 0.3) is 5.91 Å². The summed E-state index contributed by atoms with van der Waals surface area (Å²) in [5.74, 6) is -1.25. The number of piperidine rings is 1. The molecule has 0 bridgehead atoms. The van der Waals surface area contributed by atoms with Crippen LogP contribution in [0.15, 0.2) is 18.3 Å². The van der Waals surface area contributed by atoms with E-state index in [4.69, 9.17) is 5.73 Å². The Morgan fingerprint density at radius 3 is 2.62 bits per heavy atom. The Bertz CT molecular complexity index is 537. The van der Waals surface area contributed by atoms with E-state index in [1.54, 1.807) is 12.3 Å². The number of anilines is 1. The molecule has 6 nitrogen and oxygen atoms in total. The average molecular weight is 291 g/mol. The van der Waals surface area contributed by atoms with Crippen LogP contribution in [0.1, 0.15) is 43.1 Å². The lowest BCUT2D eigenvalue weighted by molar-refractivity contribution is -0.150. The van der Waals surface area contributed by atoms with E-state index in [-0.39, 0.29) is 5.69 Å². The Labute approximate surface area is 124 Å². The van der Waals surface area contributed by atoms with E-state index < -0.39 is 17.3 Å². The molecule has 6 heteroatoms. The molecule has 0 atom stereocenters. The first-order valence-electron chi connectivity index (χ1n) is 7.23. The summed E-state index contributed by atoms with van der Waals surface area (Å²) in [6.07, 6.45) is 4.36. The van der Waals surface area contributed by atoms with E-state index in [0.29, 0.717) is 32.4 Å². The van der Waals surface area contributed by atoms with Crippen LogP contribution in [0.5, 0.6) is 0 Å². The molecule has 0 spiro atoms. The van der Waals surface area contributed by atoms with Crippen molar-refractivity contribution in [3.63, 3.8) is 0 Å². The number of nitrogens with zero attached hydrogens (tertiary/aromatic N) is 2. The molecule has 1 aliphatic heterocycles. The van der Waals surface area contributed by atoms with Crippen LogP contribution in [0.3, 0.4) is 0 Å². The maximum atomic E-state index is 11.6. The lowest BCUT2D eigenvalue weighted by atomic mass is 9.75. The van der Waals surface area contributed by atoms with Crippen molar-refractivity contribution >= 4 is 17.6 Å². The molecular formula is C15H21N3O3. The predicted molar refractivity (Wildman–Crippen MR) is 79.2 cm³/mol. The standard InChI is InChI=1S/C15H21N3O3/c1-2-4-15(14(20)21)5-8-18(9-6-15)11-3-7-17-12(10-11)13(16)19/h3,7,10H,2,4-6,8-9H2,1H3,(H2,16,19)(H,20,21). The normalized spacial score (nSPS) is 17.5. The van der Waals surface area contributed by atoms with Gasteiger partial charge in [0.05, 0.1) is 5.41 Å². The average Bonchev–Trinajstić information content (AvgIpc) is 2.48. The third-order valence-electron chi connectivity index (χ3n) is 4.26. The van der Waals surface area contributed by atoms with Gasteiger partial charge in [0.1, 0.15) is 5.69 Å². The number of carbonyl (C=O) groups excluding carboxylic acids is 1. The Morgan fingerprint density at radius 2 is 2.10 bits per heavy atom. The summed E-state index contributed by atoms with van der Waals surface area (Å²) in [6, 6.07) is 3.48. The number of rotatable bonds is 5. The van der Waals surface area contributed by atoms with Gasteiger partial charge in [-0.15, -0.1) is 0 Å². The third kappa shape index (κ3) is 3.15. The number of carbonyl (C=O) groups is 2. The fourth-order valence-electron chi connectivity index (χ4n) is 2.99. The molecular weight excluding hydrogens is 270 g/mol. The van der Waals surface area contributed by atoms with E-state index >= 15 is 0 Å². The van der Waals surface area contributed by atoms with Crippen LogP contribution in [0.2, 0.25) is 0 Å². The number of aliphatic carboxylic acids is 1. The molecule has 1 aromatic rings. The molecule has 0 unspecified atom stereocenters. The van der Waals surface area contributed by atoms with E-state index in [1.807, 2.05) is 13.0 Å². The quantitative estimate of drug-likeness (QED) is 0.860. The summed E-state index contributed by atoms with van der Waals surface area (Å²) in [4.78, 5) is 28.8. The van der Waals surface area contributed by atoms with Crippen LogP contribution < -0.4 is 10.6 Å². The van der Waals surface area contributed by atoms with Crippen molar-refractivity contribution in [1.29, 1.82) is 0 Å². The first kappa shape index (κ1) is 15.3. The molecule has 2 rings (SSSR count). The molecule has 21 heavy (non-hydrogen) atoms. The van der Waals surface area contributed by atoms with Crippen molar-refractivity contribution in [1.82, 2.24) is 4.98 Å². The first-order valence-corrected chi connectivity index (χ1v) is 7.23. The number of pyridine rings is 1. The lowest BCUT2D eigenvalue weighted by Gasteiger charge is -2.40. The molecule has 1 amide bonds. The SMILES string of the molecule is CCCC1(C(=O)O)CCN(c2ccnc(C(N)=O)c2)CC1. The van der Waals surface area contributed by atoms with Gasteiger partial charge in [0, 0.05) is 25.0 Å². The summed E-state index contributed by atoms with van der Waals surface area (Å²) in [5, 5.41) is 9.50. The molecule has 2 heterocycles. The second-order valence-corrected chi connectivity index (χ2v) is 5.59. The van der Waals surface area contributed by atoms with Gasteiger partial charge in [0.15, 0.2) is 0 Å². The summed E-state index contributed by atoms with van der Waals surface area (Å²) in [6.45, 7) is 3.34. The zero-order valence-electron chi connectivity index (χ0n) is 12.2. The van der Waals surface area contributed by atoms with E-state index in [0.717, 1.165) is 12.1 Å². The van der Waals surface area contributed by atoms with Gasteiger partial charge in [0.2, 0.25) is 0 Å². The van der Waals surface area contributed by atoms with Crippen LogP contribution in [-0.2, 0) is 4.79 Å². The van der Waals surface area contributed by atoms with Crippen LogP contribution >= 0.6 is 0 Å². The zero-order chi connectivity index (χ0) is 15.5. The Kier molecular flexibility index (Phi) is 4.45. The van der Waals surface area contributed by atoms with Crippen LogP contribution in [-0.4, -0.2) is 35.1 Å². The van der Waals surface area contributed by atoms with Crippen molar-refractivity contribution in [2.45, 2.75) is 32.6 Å². The van der Waals surface area contributed by atoms with Gasteiger partial charge < -0.3 is 15.7 Å². The number of amides is 1. The summed E-state index contributed by atoms with van der Waals surface area (Å²) in [5.41, 5.74) is 5.73. The predicted octanol–water partition coefficient (Wildman–Crippen LogP) is 1.65. The number of primary amides is 1. The van der Waals surface area contributed by atoms with Crippen molar-refractivity contribution in [3.8, 4) is 0 Å². The first-order chi connectivity index (χ1) is 9.98. The molecule has 0 aliphatic carbocycles. The largest absolute Gasteiger partial charge is 0.481 e. The van der Waals surface area contributed by atoms with Crippen molar-refractivity contribution < 1.29 is 14.7 Å². The van der Waals surface area contributed by atoms with Crippen LogP contribution in [0, 0.1) is 5.41 Å². The van der Waals surface area contributed by atoms with Crippen molar-refractivity contribution in [2.24, 2.45) is 11.1 Å². The van der Waals surface area contributed by atoms with Gasteiger partial charge in [-0.2, -0.15) is 0 Å². The zero-order valence-corrected chi connectivity index (χ0v) is 12.2. The molecule has 0 aromatic carbocycles. The molecule has 0 radical (unpaired) electrons. The second kappa shape index (κ2) is 6.11. The molecule has 3 N–H and O–H groups in total. The molecule has 114 valence electrons. The molecule has 1 aliphatic rings. The second-order valence-electron chi connectivity index (χ2n) is 5.59. The number of aromatic nitrogens is 1. The minimum Gasteiger partial charge on any atom is -0.481 e. The molecule has 1 aromatic heterocycles. The summed E-state index contributed by atoms with van der Waals surface area (Å²) >= 11 is 0. The number of hydrogen-bond acceptors (Lipinski definition) is 4. The number of hydrogen-bond donors (Lipinski definition) is 2.